The van der Waals surface area contributed by atoms with Gasteiger partial charge in [0.2, 0.25) is 0 Å². The second-order valence-electron chi connectivity index (χ2n) is 8.18. The molecule has 188 valence electrons. The van der Waals surface area contributed by atoms with Crippen molar-refractivity contribution in [2.24, 2.45) is 0 Å². The highest BCUT2D eigenvalue weighted by Crippen LogP contribution is 2.37. The molecule has 0 bridgehead atoms. The van der Waals surface area contributed by atoms with Crippen LogP contribution in [0.15, 0.2) is 55.0 Å². The van der Waals surface area contributed by atoms with E-state index in [1.807, 2.05) is 35.9 Å². The highest BCUT2D eigenvalue weighted by atomic mass is 19.4. The molecule has 0 N–H and O–H groups in total. The van der Waals surface area contributed by atoms with Gasteiger partial charge in [-0.25, -0.2) is 4.98 Å². The van der Waals surface area contributed by atoms with Gasteiger partial charge < -0.3 is 18.8 Å². The van der Waals surface area contributed by atoms with Crippen LogP contribution in [0.5, 0.6) is 23.5 Å². The minimum absolute atomic E-state index is 0.0491. The van der Waals surface area contributed by atoms with Crippen LogP contribution in [0.2, 0.25) is 0 Å². The normalized spacial score (nSPS) is 11.6. The SMILES string of the molecule is COc1cc(Cc2nc(Oc3ccccc3C(F)(F)F)nc(OC(C)C)n2)ccc1-n1cnc(C)c1. The maximum Gasteiger partial charge on any atom is 0.419 e. The smallest absolute Gasteiger partial charge is 0.419 e. The van der Waals surface area contributed by atoms with Gasteiger partial charge in [0.15, 0.2) is 0 Å². The Hall–Kier alpha value is -4.15. The zero-order valence-corrected chi connectivity index (χ0v) is 20.1. The first-order valence-electron chi connectivity index (χ1n) is 11.1. The predicted octanol–water partition coefficient (Wildman–Crippen LogP) is 5.56. The first-order valence-corrected chi connectivity index (χ1v) is 11.1. The third kappa shape index (κ3) is 5.91. The number of imidazole rings is 1. The molecule has 0 atom stereocenters. The summed E-state index contributed by atoms with van der Waals surface area (Å²) in [5, 5.41) is 0. The fraction of sp³-hybridized carbons (Fsp3) is 0.280. The molecule has 0 saturated heterocycles. The van der Waals surface area contributed by atoms with Crippen molar-refractivity contribution in [2.75, 3.05) is 7.11 Å². The minimum Gasteiger partial charge on any atom is -0.495 e. The summed E-state index contributed by atoms with van der Waals surface area (Å²) in [6, 6.07) is 10.1. The Kier molecular flexibility index (Phi) is 7.09. The molecule has 0 fully saturated rings. The summed E-state index contributed by atoms with van der Waals surface area (Å²) < 4.78 is 58.7. The number of aryl methyl sites for hydroxylation is 1. The fourth-order valence-electron chi connectivity index (χ4n) is 3.43. The van der Waals surface area contributed by atoms with E-state index in [-0.39, 0.29) is 30.4 Å². The van der Waals surface area contributed by atoms with E-state index in [1.54, 1.807) is 27.3 Å². The number of rotatable bonds is 8. The lowest BCUT2D eigenvalue weighted by atomic mass is 10.1. The maximum absolute atomic E-state index is 13.4. The van der Waals surface area contributed by atoms with Gasteiger partial charge in [-0.2, -0.15) is 23.1 Å². The third-order valence-corrected chi connectivity index (χ3v) is 4.97. The Morgan fingerprint density at radius 2 is 1.72 bits per heavy atom. The Labute approximate surface area is 205 Å². The molecule has 11 heteroatoms. The van der Waals surface area contributed by atoms with Crippen molar-refractivity contribution in [2.45, 2.75) is 39.5 Å². The number of hydrogen-bond donors (Lipinski definition) is 0. The summed E-state index contributed by atoms with van der Waals surface area (Å²) in [4.78, 5) is 16.9. The van der Waals surface area contributed by atoms with Gasteiger partial charge in [-0.1, -0.05) is 18.2 Å². The van der Waals surface area contributed by atoms with Crippen LogP contribution in [0.25, 0.3) is 5.69 Å². The molecule has 2 heterocycles. The summed E-state index contributed by atoms with van der Waals surface area (Å²) in [6.45, 7) is 5.45. The summed E-state index contributed by atoms with van der Waals surface area (Å²) in [5.41, 5.74) is 1.53. The van der Waals surface area contributed by atoms with Gasteiger partial charge in [0, 0.05) is 12.6 Å². The number of benzene rings is 2. The summed E-state index contributed by atoms with van der Waals surface area (Å²) >= 11 is 0. The number of hydrogen-bond acceptors (Lipinski definition) is 7. The van der Waals surface area contributed by atoms with Gasteiger partial charge in [0.1, 0.15) is 17.3 Å². The molecule has 8 nitrogen and oxygen atoms in total. The molecule has 0 aliphatic heterocycles. The van der Waals surface area contributed by atoms with Crippen LogP contribution in [0.4, 0.5) is 13.2 Å². The van der Waals surface area contributed by atoms with E-state index in [1.165, 1.54) is 18.2 Å². The van der Waals surface area contributed by atoms with Crippen molar-refractivity contribution in [3.8, 4) is 29.2 Å². The number of ether oxygens (including phenoxy) is 3. The van der Waals surface area contributed by atoms with Crippen LogP contribution in [0, 0.1) is 6.92 Å². The number of alkyl halides is 3. The van der Waals surface area contributed by atoms with Crippen molar-refractivity contribution < 1.29 is 27.4 Å². The highest BCUT2D eigenvalue weighted by molar-refractivity contribution is 5.49. The topological polar surface area (TPSA) is 84.2 Å². The zero-order valence-electron chi connectivity index (χ0n) is 20.1. The van der Waals surface area contributed by atoms with Crippen LogP contribution in [-0.2, 0) is 12.6 Å². The quantitative estimate of drug-likeness (QED) is 0.314. The van der Waals surface area contributed by atoms with E-state index in [2.05, 4.69) is 19.9 Å². The number of aromatic nitrogens is 5. The van der Waals surface area contributed by atoms with Crippen molar-refractivity contribution in [1.29, 1.82) is 0 Å². The maximum atomic E-state index is 13.4. The van der Waals surface area contributed by atoms with Gasteiger partial charge in [0.25, 0.3) is 0 Å². The standard InChI is InChI=1S/C25H24F3N5O3/c1-15(2)35-23-30-22(31-24(32-23)36-20-8-6-5-7-18(20)25(26,27)28)12-17-9-10-19(21(11-17)34-4)33-13-16(3)29-14-33/h5-11,13-15H,12H2,1-4H3. The Morgan fingerprint density at radius 3 is 2.39 bits per heavy atom. The molecule has 0 spiro atoms. The van der Waals surface area contributed by atoms with E-state index >= 15 is 0 Å². The van der Waals surface area contributed by atoms with Crippen molar-refractivity contribution in [1.82, 2.24) is 24.5 Å². The van der Waals surface area contributed by atoms with Gasteiger partial charge >= 0.3 is 18.2 Å². The van der Waals surface area contributed by atoms with E-state index in [9.17, 15) is 13.2 Å². The van der Waals surface area contributed by atoms with Crippen molar-refractivity contribution in [3.63, 3.8) is 0 Å². The third-order valence-electron chi connectivity index (χ3n) is 4.97. The monoisotopic (exact) mass is 499 g/mol. The average Bonchev–Trinajstić information content (AvgIpc) is 3.24. The summed E-state index contributed by atoms with van der Waals surface area (Å²) in [7, 11) is 1.56. The minimum atomic E-state index is -4.60. The summed E-state index contributed by atoms with van der Waals surface area (Å²) in [5.74, 6) is 0.445. The molecular weight excluding hydrogens is 475 g/mol. The van der Waals surface area contributed by atoms with Crippen molar-refractivity contribution in [3.05, 3.63) is 77.6 Å². The Bertz CT molecular complexity index is 1360. The van der Waals surface area contributed by atoms with Crippen LogP contribution in [0.3, 0.4) is 0 Å². The van der Waals surface area contributed by atoms with Gasteiger partial charge in [-0.05, 0) is 50.6 Å². The lowest BCUT2D eigenvalue weighted by Crippen LogP contribution is -2.12. The first kappa shape index (κ1) is 25.0. The van der Waals surface area contributed by atoms with Gasteiger partial charge in [0.05, 0.1) is 36.5 Å². The molecular formula is C25H24F3N5O3. The van der Waals surface area contributed by atoms with Crippen LogP contribution in [-0.4, -0.2) is 37.7 Å². The number of halogens is 3. The molecule has 0 saturated carbocycles. The van der Waals surface area contributed by atoms with Crippen LogP contribution in [0.1, 0.15) is 36.5 Å². The van der Waals surface area contributed by atoms with Gasteiger partial charge in [-0.15, -0.1) is 4.98 Å². The highest BCUT2D eigenvalue weighted by Gasteiger charge is 2.34. The molecule has 0 radical (unpaired) electrons. The molecule has 4 rings (SSSR count). The largest absolute Gasteiger partial charge is 0.495 e. The fourth-order valence-corrected chi connectivity index (χ4v) is 3.43. The Morgan fingerprint density at radius 1 is 0.972 bits per heavy atom. The molecule has 0 amide bonds. The Balaban J connectivity index is 1.66. The molecule has 0 aliphatic rings. The lowest BCUT2D eigenvalue weighted by Gasteiger charge is -2.14. The number of nitrogens with zero attached hydrogens (tertiary/aromatic N) is 5. The summed E-state index contributed by atoms with van der Waals surface area (Å²) in [6.07, 6.45) is -1.07. The number of methoxy groups -OCH3 is 1. The van der Waals surface area contributed by atoms with Crippen LogP contribution < -0.4 is 14.2 Å². The van der Waals surface area contributed by atoms with Crippen molar-refractivity contribution >= 4 is 0 Å². The molecule has 0 unspecified atom stereocenters. The molecule has 36 heavy (non-hydrogen) atoms. The lowest BCUT2D eigenvalue weighted by molar-refractivity contribution is -0.138. The molecule has 0 aliphatic carbocycles. The molecule has 2 aromatic carbocycles. The van der Waals surface area contributed by atoms with Gasteiger partial charge in [-0.3, -0.25) is 0 Å². The predicted molar refractivity (Wildman–Crippen MR) is 125 cm³/mol. The molecule has 2 aromatic heterocycles. The van der Waals surface area contributed by atoms with E-state index in [0.717, 1.165) is 23.0 Å². The number of para-hydroxylation sites is 1. The van der Waals surface area contributed by atoms with E-state index < -0.39 is 17.5 Å². The second kappa shape index (κ2) is 10.2. The zero-order chi connectivity index (χ0) is 25.9. The average molecular weight is 499 g/mol. The van der Waals surface area contributed by atoms with E-state index in [4.69, 9.17) is 14.2 Å². The second-order valence-corrected chi connectivity index (χ2v) is 8.18. The van der Waals surface area contributed by atoms with E-state index in [0.29, 0.717) is 5.75 Å². The first-order chi connectivity index (χ1) is 17.1. The molecule has 4 aromatic rings. The van der Waals surface area contributed by atoms with Crippen LogP contribution >= 0.6 is 0 Å².